The molecule has 158 valence electrons. The Labute approximate surface area is 172 Å². The maximum absolute atomic E-state index is 13.7. The molecular formula is C21H28FN3O3S. The lowest BCUT2D eigenvalue weighted by Gasteiger charge is -2.14. The van der Waals surface area contributed by atoms with E-state index < -0.39 is 15.7 Å². The third kappa shape index (κ3) is 7.38. The summed E-state index contributed by atoms with van der Waals surface area (Å²) < 4.78 is 42.3. The van der Waals surface area contributed by atoms with Gasteiger partial charge in [-0.05, 0) is 54.3 Å². The molecule has 2 aromatic carbocycles. The maximum atomic E-state index is 13.7. The number of ether oxygens (including phenoxy) is 1. The van der Waals surface area contributed by atoms with E-state index in [2.05, 4.69) is 15.6 Å². The third-order valence-electron chi connectivity index (χ3n) is 4.26. The smallest absolute Gasteiger partial charge is 0.191 e. The predicted molar refractivity (Wildman–Crippen MR) is 114 cm³/mol. The Kier molecular flexibility index (Phi) is 8.01. The van der Waals surface area contributed by atoms with Gasteiger partial charge in [0, 0.05) is 19.3 Å². The Balaban J connectivity index is 2.14. The van der Waals surface area contributed by atoms with Gasteiger partial charge >= 0.3 is 0 Å². The van der Waals surface area contributed by atoms with Crippen LogP contribution >= 0.6 is 0 Å². The van der Waals surface area contributed by atoms with Crippen molar-refractivity contribution in [3.05, 3.63) is 64.5 Å². The second-order valence-electron chi connectivity index (χ2n) is 6.84. The molecule has 0 heterocycles. The second-order valence-corrected chi connectivity index (χ2v) is 8.98. The van der Waals surface area contributed by atoms with Crippen LogP contribution in [0.25, 0.3) is 0 Å². The number of rotatable bonds is 8. The summed E-state index contributed by atoms with van der Waals surface area (Å²) in [6.07, 6.45) is 1.16. The van der Waals surface area contributed by atoms with E-state index in [0.717, 1.165) is 23.1 Å². The summed E-state index contributed by atoms with van der Waals surface area (Å²) in [5.41, 5.74) is 3.22. The number of sulfone groups is 1. The first-order chi connectivity index (χ1) is 13.7. The number of nitrogens with one attached hydrogen (secondary N) is 2. The van der Waals surface area contributed by atoms with Gasteiger partial charge in [-0.25, -0.2) is 17.8 Å². The van der Waals surface area contributed by atoms with Gasteiger partial charge in [-0.15, -0.1) is 0 Å². The number of hydrogen-bond donors (Lipinski definition) is 2. The molecule has 0 amide bonds. The lowest BCUT2D eigenvalue weighted by Crippen LogP contribution is -2.37. The monoisotopic (exact) mass is 421 g/mol. The Morgan fingerprint density at radius 3 is 2.52 bits per heavy atom. The SMILES string of the molecule is CCNC(=NCc1ccc(OC)c(C)c1)NCc1cc(F)ccc1CS(C)(=O)=O. The Bertz CT molecular complexity index is 975. The average molecular weight is 422 g/mol. The molecule has 0 saturated heterocycles. The zero-order valence-electron chi connectivity index (χ0n) is 17.3. The van der Waals surface area contributed by atoms with Crippen molar-refractivity contribution in [1.82, 2.24) is 10.6 Å². The van der Waals surface area contributed by atoms with Crippen LogP contribution in [0, 0.1) is 12.7 Å². The van der Waals surface area contributed by atoms with Crippen molar-refractivity contribution >= 4 is 15.8 Å². The van der Waals surface area contributed by atoms with Gasteiger partial charge in [0.05, 0.1) is 19.4 Å². The molecule has 0 aliphatic heterocycles. The molecule has 0 saturated carbocycles. The minimum atomic E-state index is -3.22. The summed E-state index contributed by atoms with van der Waals surface area (Å²) in [5.74, 6) is 0.848. The summed E-state index contributed by atoms with van der Waals surface area (Å²) >= 11 is 0. The molecule has 0 atom stereocenters. The van der Waals surface area contributed by atoms with E-state index in [4.69, 9.17) is 4.74 Å². The highest BCUT2D eigenvalue weighted by molar-refractivity contribution is 7.89. The Morgan fingerprint density at radius 1 is 1.14 bits per heavy atom. The molecular weight excluding hydrogens is 393 g/mol. The molecule has 0 radical (unpaired) electrons. The van der Waals surface area contributed by atoms with Crippen LogP contribution in [-0.2, 0) is 28.7 Å². The van der Waals surface area contributed by atoms with Crippen LogP contribution in [0.5, 0.6) is 5.75 Å². The minimum absolute atomic E-state index is 0.136. The van der Waals surface area contributed by atoms with Crippen LogP contribution in [0.15, 0.2) is 41.4 Å². The second kappa shape index (κ2) is 10.2. The first kappa shape index (κ1) is 22.7. The van der Waals surface area contributed by atoms with Crippen molar-refractivity contribution in [2.75, 3.05) is 19.9 Å². The lowest BCUT2D eigenvalue weighted by atomic mass is 10.1. The number of methoxy groups -OCH3 is 1. The molecule has 29 heavy (non-hydrogen) atoms. The summed E-state index contributed by atoms with van der Waals surface area (Å²) in [6, 6.07) is 10.0. The van der Waals surface area contributed by atoms with E-state index in [9.17, 15) is 12.8 Å². The predicted octanol–water partition coefficient (Wildman–Crippen LogP) is 2.94. The van der Waals surface area contributed by atoms with Crippen LogP contribution in [0.1, 0.15) is 29.2 Å². The van der Waals surface area contributed by atoms with E-state index in [0.29, 0.717) is 30.2 Å². The zero-order valence-corrected chi connectivity index (χ0v) is 18.1. The van der Waals surface area contributed by atoms with Crippen molar-refractivity contribution in [1.29, 1.82) is 0 Å². The van der Waals surface area contributed by atoms with E-state index in [-0.39, 0.29) is 12.3 Å². The number of nitrogens with zero attached hydrogens (tertiary/aromatic N) is 1. The number of guanidine groups is 1. The molecule has 0 fully saturated rings. The molecule has 6 nitrogen and oxygen atoms in total. The number of hydrogen-bond acceptors (Lipinski definition) is 4. The number of halogens is 1. The largest absolute Gasteiger partial charge is 0.496 e. The van der Waals surface area contributed by atoms with E-state index in [1.54, 1.807) is 7.11 Å². The number of aliphatic imine (C=N–C) groups is 1. The molecule has 2 aromatic rings. The quantitative estimate of drug-likeness (QED) is 0.506. The molecule has 0 unspecified atom stereocenters. The normalized spacial score (nSPS) is 12.0. The number of benzene rings is 2. The van der Waals surface area contributed by atoms with Gasteiger partial charge in [0.25, 0.3) is 0 Å². The fraction of sp³-hybridized carbons (Fsp3) is 0.381. The highest BCUT2D eigenvalue weighted by atomic mass is 32.2. The van der Waals surface area contributed by atoms with E-state index >= 15 is 0 Å². The summed E-state index contributed by atoms with van der Waals surface area (Å²) in [5, 5.41) is 6.30. The standard InChI is InChI=1S/C21H28FN3O3S/c1-5-23-21(24-12-16-6-9-20(28-3)15(2)10-16)25-13-18-11-19(22)8-7-17(18)14-29(4,26)27/h6-11H,5,12-14H2,1-4H3,(H2,23,24,25). The van der Waals surface area contributed by atoms with Crippen molar-refractivity contribution in [2.45, 2.75) is 32.7 Å². The highest BCUT2D eigenvalue weighted by Crippen LogP contribution is 2.19. The van der Waals surface area contributed by atoms with Crippen LogP contribution < -0.4 is 15.4 Å². The summed E-state index contributed by atoms with van der Waals surface area (Å²) in [4.78, 5) is 4.56. The Morgan fingerprint density at radius 2 is 1.90 bits per heavy atom. The van der Waals surface area contributed by atoms with Crippen LogP contribution in [-0.4, -0.2) is 34.3 Å². The fourth-order valence-electron chi connectivity index (χ4n) is 2.91. The van der Waals surface area contributed by atoms with Crippen LogP contribution in [0.2, 0.25) is 0 Å². The third-order valence-corrected chi connectivity index (χ3v) is 5.09. The molecule has 8 heteroatoms. The van der Waals surface area contributed by atoms with E-state index in [1.165, 1.54) is 18.2 Å². The molecule has 0 aliphatic rings. The number of aryl methyl sites for hydroxylation is 1. The molecule has 2 rings (SSSR count). The molecule has 0 bridgehead atoms. The van der Waals surface area contributed by atoms with Gasteiger partial charge in [-0.2, -0.15) is 0 Å². The molecule has 0 spiro atoms. The molecule has 0 aromatic heterocycles. The van der Waals surface area contributed by atoms with Crippen molar-refractivity contribution in [3.8, 4) is 5.75 Å². The van der Waals surface area contributed by atoms with Crippen molar-refractivity contribution in [3.63, 3.8) is 0 Å². The topological polar surface area (TPSA) is 79.8 Å². The van der Waals surface area contributed by atoms with Crippen LogP contribution in [0.4, 0.5) is 4.39 Å². The van der Waals surface area contributed by atoms with Gasteiger partial charge in [0.15, 0.2) is 15.8 Å². The lowest BCUT2D eigenvalue weighted by molar-refractivity contribution is 0.411. The highest BCUT2D eigenvalue weighted by Gasteiger charge is 2.11. The summed E-state index contributed by atoms with van der Waals surface area (Å²) in [7, 11) is -1.59. The summed E-state index contributed by atoms with van der Waals surface area (Å²) in [6.45, 7) is 5.30. The Hall–Kier alpha value is -2.61. The fourth-order valence-corrected chi connectivity index (χ4v) is 3.76. The van der Waals surface area contributed by atoms with Gasteiger partial charge < -0.3 is 15.4 Å². The molecule has 2 N–H and O–H groups in total. The van der Waals surface area contributed by atoms with Crippen molar-refractivity contribution in [2.24, 2.45) is 4.99 Å². The van der Waals surface area contributed by atoms with Crippen LogP contribution in [0.3, 0.4) is 0 Å². The first-order valence-electron chi connectivity index (χ1n) is 9.32. The molecule has 0 aliphatic carbocycles. The van der Waals surface area contributed by atoms with E-state index in [1.807, 2.05) is 32.0 Å². The minimum Gasteiger partial charge on any atom is -0.496 e. The first-order valence-corrected chi connectivity index (χ1v) is 11.4. The van der Waals surface area contributed by atoms with Crippen molar-refractivity contribution < 1.29 is 17.5 Å². The van der Waals surface area contributed by atoms with Gasteiger partial charge in [-0.3, -0.25) is 0 Å². The zero-order chi connectivity index (χ0) is 21.4. The average Bonchev–Trinajstić information content (AvgIpc) is 2.65. The maximum Gasteiger partial charge on any atom is 0.191 e. The van der Waals surface area contributed by atoms with Gasteiger partial charge in [0.2, 0.25) is 0 Å². The van der Waals surface area contributed by atoms with Gasteiger partial charge in [-0.1, -0.05) is 18.2 Å². The van der Waals surface area contributed by atoms with Gasteiger partial charge in [0.1, 0.15) is 11.6 Å².